The quantitative estimate of drug-likeness (QED) is 0.170. The van der Waals surface area contributed by atoms with Gasteiger partial charge in [-0.05, 0) is 84.0 Å². The number of aromatic nitrogens is 4. The van der Waals surface area contributed by atoms with Crippen LogP contribution in [0.5, 0.6) is 0 Å². The fourth-order valence-electron chi connectivity index (χ4n) is 7.29. The molecular formula is C44H48N4S. The van der Waals surface area contributed by atoms with Crippen LogP contribution >= 0.6 is 11.8 Å². The fraction of sp³-hybridized carbons (Fsp3) is 0.318. The molecule has 49 heavy (non-hydrogen) atoms. The molecule has 0 unspecified atom stereocenters. The van der Waals surface area contributed by atoms with Crippen molar-refractivity contribution in [1.29, 1.82) is 0 Å². The molecule has 5 heteroatoms. The van der Waals surface area contributed by atoms with Gasteiger partial charge in [0.1, 0.15) is 11.6 Å². The van der Waals surface area contributed by atoms with Gasteiger partial charge in [-0.1, -0.05) is 114 Å². The minimum Gasteiger partial charge on any atom is -0.303 e. The molecule has 0 saturated heterocycles. The maximum atomic E-state index is 5.45. The van der Waals surface area contributed by atoms with E-state index >= 15 is 0 Å². The first kappa shape index (κ1) is 33.2. The Kier molecular flexibility index (Phi) is 9.39. The average molecular weight is 665 g/mol. The number of aryl methyl sites for hydroxylation is 3. The first-order chi connectivity index (χ1) is 23.6. The first-order valence-electron chi connectivity index (χ1n) is 17.9. The third-order valence-corrected chi connectivity index (χ3v) is 10.4. The van der Waals surface area contributed by atoms with Gasteiger partial charge in [0, 0.05) is 46.2 Å². The molecule has 1 aliphatic heterocycles. The van der Waals surface area contributed by atoms with Crippen LogP contribution in [0.4, 0.5) is 0 Å². The second-order valence-electron chi connectivity index (χ2n) is 14.8. The van der Waals surface area contributed by atoms with Crippen LogP contribution in [0, 0.1) is 18.8 Å². The van der Waals surface area contributed by atoms with Crippen LogP contribution in [0.15, 0.2) is 107 Å². The van der Waals surface area contributed by atoms with E-state index in [1.165, 1.54) is 43.4 Å². The Bertz CT molecular complexity index is 2080. The lowest BCUT2D eigenvalue weighted by atomic mass is 9.94. The Balaban J connectivity index is 1.45. The molecule has 7 rings (SSSR count). The summed E-state index contributed by atoms with van der Waals surface area (Å²) in [5, 5.41) is 0. The Hall–Kier alpha value is -4.35. The topological polar surface area (TPSA) is 35.6 Å². The molecule has 0 saturated carbocycles. The summed E-state index contributed by atoms with van der Waals surface area (Å²) in [7, 11) is 0. The summed E-state index contributed by atoms with van der Waals surface area (Å²) < 4.78 is 4.81. The average Bonchev–Trinajstić information content (AvgIpc) is 3.68. The van der Waals surface area contributed by atoms with Gasteiger partial charge >= 0.3 is 0 Å². The zero-order valence-corrected chi connectivity index (χ0v) is 30.8. The van der Waals surface area contributed by atoms with Crippen LogP contribution in [0.1, 0.15) is 81.4 Å². The van der Waals surface area contributed by atoms with Crippen molar-refractivity contribution in [3.05, 3.63) is 131 Å². The molecule has 1 aliphatic rings. The number of rotatable bonds is 7. The van der Waals surface area contributed by atoms with E-state index in [0.29, 0.717) is 17.8 Å². The van der Waals surface area contributed by atoms with Crippen LogP contribution in [0.3, 0.4) is 0 Å². The van der Waals surface area contributed by atoms with E-state index in [9.17, 15) is 0 Å². The summed E-state index contributed by atoms with van der Waals surface area (Å²) in [5.74, 6) is 3.62. The highest BCUT2D eigenvalue weighted by atomic mass is 32.2. The van der Waals surface area contributed by atoms with Crippen LogP contribution in [-0.4, -0.2) is 19.1 Å². The number of para-hydroxylation sites is 2. The van der Waals surface area contributed by atoms with Crippen LogP contribution in [-0.2, 0) is 25.7 Å². The minimum absolute atomic E-state index is 0.387. The summed E-state index contributed by atoms with van der Waals surface area (Å²) in [6, 6.07) is 31.3. The molecule has 4 aromatic carbocycles. The molecule has 0 radical (unpaired) electrons. The first-order valence-corrected chi connectivity index (χ1v) is 18.7. The largest absolute Gasteiger partial charge is 0.303 e. The molecule has 0 atom stereocenters. The predicted octanol–water partition coefficient (Wildman–Crippen LogP) is 11.5. The molecule has 0 amide bonds. The highest BCUT2D eigenvalue weighted by Gasteiger charge is 2.22. The van der Waals surface area contributed by atoms with Gasteiger partial charge in [-0.15, -0.1) is 0 Å². The molecular weight excluding hydrogens is 617 g/mol. The van der Waals surface area contributed by atoms with Crippen LogP contribution < -0.4 is 0 Å². The van der Waals surface area contributed by atoms with Crippen molar-refractivity contribution in [1.82, 2.24) is 19.1 Å². The standard InChI is InChI=1S/C44H48N4S/c1-28(2)22-34-15-9-16-35(23-29(3)4)44(34)48-27-40-33-14-11-18-37(25-33)49-36-17-10-13-32(24-36)39-26-47(41(45-39)20-21-42(48)46-40)43-31(7)12-8-19-38(43)30(5)6/h8-19,24-30H,20-23H2,1-7H3. The van der Waals surface area contributed by atoms with Crippen molar-refractivity contribution in [3.63, 3.8) is 0 Å². The number of imidazole rings is 2. The zero-order valence-electron chi connectivity index (χ0n) is 30.0. The minimum atomic E-state index is 0.387. The van der Waals surface area contributed by atoms with Gasteiger partial charge in [0.15, 0.2) is 0 Å². The molecule has 0 spiro atoms. The van der Waals surface area contributed by atoms with Crippen molar-refractivity contribution < 1.29 is 0 Å². The molecule has 0 N–H and O–H groups in total. The summed E-state index contributed by atoms with van der Waals surface area (Å²) in [4.78, 5) is 13.2. The molecule has 250 valence electrons. The Morgan fingerprint density at radius 2 is 1.10 bits per heavy atom. The van der Waals surface area contributed by atoms with E-state index in [1.807, 2.05) is 0 Å². The van der Waals surface area contributed by atoms with Crippen molar-refractivity contribution in [2.45, 2.75) is 89.9 Å². The molecule has 4 nitrogen and oxygen atoms in total. The van der Waals surface area contributed by atoms with E-state index in [1.54, 1.807) is 11.8 Å². The third-order valence-electron chi connectivity index (χ3n) is 9.46. The second-order valence-corrected chi connectivity index (χ2v) is 15.9. The van der Waals surface area contributed by atoms with Gasteiger partial charge in [-0.25, -0.2) is 9.97 Å². The maximum absolute atomic E-state index is 5.45. The molecule has 0 fully saturated rings. The van der Waals surface area contributed by atoms with Crippen molar-refractivity contribution in [2.24, 2.45) is 11.8 Å². The predicted molar refractivity (Wildman–Crippen MR) is 205 cm³/mol. The Morgan fingerprint density at radius 1 is 0.612 bits per heavy atom. The third kappa shape index (κ3) is 6.91. The summed E-state index contributed by atoms with van der Waals surface area (Å²) in [5.41, 5.74) is 12.2. The normalized spacial score (nSPS) is 12.9. The van der Waals surface area contributed by atoms with E-state index in [4.69, 9.17) is 9.97 Å². The SMILES string of the molecule is Cc1cccc(C(C)C)c1-n1cc2nc1CCc1nc(cn1-c1c(CC(C)C)cccc1CC(C)C)-c1cccc(c1)Sc1cccc-2c1. The second kappa shape index (κ2) is 13.9. The number of hydrogen-bond donors (Lipinski definition) is 0. The maximum Gasteiger partial charge on any atom is 0.114 e. The van der Waals surface area contributed by atoms with E-state index < -0.39 is 0 Å². The van der Waals surface area contributed by atoms with E-state index in [0.717, 1.165) is 59.8 Å². The summed E-state index contributed by atoms with van der Waals surface area (Å²) in [6.45, 7) is 16.1. The smallest absolute Gasteiger partial charge is 0.114 e. The van der Waals surface area contributed by atoms with Crippen molar-refractivity contribution >= 4 is 11.8 Å². The van der Waals surface area contributed by atoms with Gasteiger partial charge in [-0.2, -0.15) is 0 Å². The lowest BCUT2D eigenvalue weighted by Gasteiger charge is -2.20. The lowest BCUT2D eigenvalue weighted by Crippen LogP contribution is -2.12. The van der Waals surface area contributed by atoms with Gasteiger partial charge in [0.25, 0.3) is 0 Å². The highest BCUT2D eigenvalue weighted by molar-refractivity contribution is 7.99. The lowest BCUT2D eigenvalue weighted by molar-refractivity contribution is 0.628. The summed E-state index contributed by atoms with van der Waals surface area (Å²) in [6.07, 6.45) is 8.14. The number of hydrogen-bond acceptors (Lipinski definition) is 3. The van der Waals surface area contributed by atoms with Gasteiger partial charge in [-0.3, -0.25) is 0 Å². The Morgan fingerprint density at radius 3 is 1.61 bits per heavy atom. The van der Waals surface area contributed by atoms with E-state index in [2.05, 4.69) is 155 Å². The number of fused-ring (bicyclic) bond motifs is 10. The van der Waals surface area contributed by atoms with Gasteiger partial charge in [0.2, 0.25) is 0 Å². The fourth-order valence-corrected chi connectivity index (χ4v) is 8.23. The Labute approximate surface area is 296 Å². The monoisotopic (exact) mass is 664 g/mol. The summed E-state index contributed by atoms with van der Waals surface area (Å²) >= 11 is 1.79. The molecule has 6 aromatic rings. The van der Waals surface area contributed by atoms with Crippen molar-refractivity contribution in [2.75, 3.05) is 0 Å². The number of benzene rings is 4. The van der Waals surface area contributed by atoms with Gasteiger partial charge in [0.05, 0.1) is 22.8 Å². The molecule has 2 aromatic heterocycles. The number of nitrogens with zero attached hydrogens (tertiary/aromatic N) is 4. The van der Waals surface area contributed by atoms with Crippen LogP contribution in [0.2, 0.25) is 0 Å². The zero-order chi connectivity index (χ0) is 34.2. The molecule has 0 aliphatic carbocycles. The van der Waals surface area contributed by atoms with Crippen LogP contribution in [0.25, 0.3) is 33.9 Å². The highest BCUT2D eigenvalue weighted by Crippen LogP contribution is 2.36. The molecule has 8 bridgehead atoms. The molecule has 3 heterocycles. The van der Waals surface area contributed by atoms with Gasteiger partial charge < -0.3 is 9.13 Å². The van der Waals surface area contributed by atoms with E-state index in [-0.39, 0.29) is 0 Å². The van der Waals surface area contributed by atoms with Crippen molar-refractivity contribution in [3.8, 4) is 33.9 Å².